The Balaban J connectivity index is 0.727. The highest BCUT2D eigenvalue weighted by molar-refractivity contribution is 6.12. The summed E-state index contributed by atoms with van der Waals surface area (Å²) in [5, 5.41) is 36.1. The smallest absolute Gasteiger partial charge is 0.343 e. The Hall–Kier alpha value is -9.04. The summed E-state index contributed by atoms with van der Waals surface area (Å²) in [5.41, 5.74) is 0.903. The van der Waals surface area contributed by atoms with E-state index in [9.17, 15) is 53.1 Å². The molecule has 6 heterocycles. The number of halogens is 1. The van der Waals surface area contributed by atoms with Gasteiger partial charge in [0.25, 0.3) is 17.4 Å². The van der Waals surface area contributed by atoms with Crippen LogP contribution in [-0.2, 0) is 89.9 Å². The summed E-state index contributed by atoms with van der Waals surface area (Å²) in [5.74, 6) is -5.72. The number of hydrogen-bond donors (Lipinski definition) is 7. The molecule has 5 aromatic rings. The number of aryl methyl sites for hydroxylation is 1. The third-order valence-corrected chi connectivity index (χ3v) is 14.6. The van der Waals surface area contributed by atoms with Gasteiger partial charge in [0.05, 0.1) is 66.9 Å². The number of carbonyl (C=O) groups is 9. The molecule has 25 nitrogen and oxygen atoms in total. The number of imide groups is 1. The third kappa shape index (κ3) is 12.7. The molecule has 0 bridgehead atoms. The number of aliphatic hydroxyl groups is 1. The van der Waals surface area contributed by atoms with E-state index in [-0.39, 0.29) is 68.4 Å². The summed E-state index contributed by atoms with van der Waals surface area (Å²) in [6.45, 7) is 1.12. The Morgan fingerprint density at radius 2 is 1.57 bits per heavy atom. The molecule has 8 amide bonds. The second-order valence-electron chi connectivity index (χ2n) is 20.2. The number of pyridine rings is 2. The highest BCUT2D eigenvalue weighted by atomic mass is 19.1. The molecule has 7 N–H and O–H groups in total. The van der Waals surface area contributed by atoms with Crippen LogP contribution in [0.15, 0.2) is 71.7 Å². The molecule has 4 aliphatic rings. The Labute approximate surface area is 461 Å². The summed E-state index contributed by atoms with van der Waals surface area (Å²) < 4.78 is 28.8. The van der Waals surface area contributed by atoms with Crippen molar-refractivity contribution in [1.82, 2.24) is 61.3 Å². The van der Waals surface area contributed by atoms with E-state index in [1.165, 1.54) is 22.8 Å². The lowest BCUT2D eigenvalue weighted by atomic mass is 9.86. The first kappa shape index (κ1) is 56.7. The number of benzene rings is 2. The Kier molecular flexibility index (Phi) is 16.9. The van der Waals surface area contributed by atoms with E-state index in [1.54, 1.807) is 67.2 Å². The number of rotatable bonds is 25. The number of ether oxygens (including phenoxy) is 2. The quantitative estimate of drug-likeness (QED) is 0.0171. The molecular weight excluding hydrogens is 1060 g/mol. The van der Waals surface area contributed by atoms with E-state index in [0.717, 1.165) is 4.90 Å². The van der Waals surface area contributed by atoms with Crippen molar-refractivity contribution in [2.75, 3.05) is 39.5 Å². The number of nitrogens with zero attached hydrogens (tertiary/aromatic N) is 6. The molecule has 2 atom stereocenters. The number of amides is 8. The average Bonchev–Trinajstić information content (AvgIpc) is 2.65. The summed E-state index contributed by atoms with van der Waals surface area (Å²) >= 11 is 0. The van der Waals surface area contributed by atoms with Crippen LogP contribution < -0.4 is 37.5 Å². The fraction of sp³-hybridized carbons (Fsp3) is 0.400. The molecule has 2 aromatic carbocycles. The first-order valence-corrected chi connectivity index (χ1v) is 26.4. The number of fused-ring (bicyclic) bond motifs is 5. The standard InChI is InChI=1S/C55H59FN12O13/c1-3-55(79)37-20-41-50-35(26-68(41)52(77)36(37)28-81-53(55)78)34(33-18-31(2)38(56)21-39(33)62-50)25-66-27-42(64-65-66)54(15-16-54)63-47(73)29-80-30-60-45(71)23-59-51(76)40(19-32-10-6-4-7-11-32)61-46(72)24-58-44(70)22-57-43(69)12-8-5-9-17-67-48(74)13-14-49(67)75/h4,6-7,10-11,13-14,18,20-21,27,40,79H,3,5,8-9,12,15-17,19,22-26,28-30H2,1-2H3,(H,57,69)(H,58,70)(H,59,76)(H,60,71)(H,61,72)(H,63,73)/t40-,55+/m1/s1. The second kappa shape index (κ2) is 24.1. The number of unbranched alkanes of at least 4 members (excludes halogenated alkanes) is 2. The van der Waals surface area contributed by atoms with Crippen LogP contribution >= 0.6 is 0 Å². The topological polar surface area (TPSA) is 333 Å². The van der Waals surface area contributed by atoms with Crippen LogP contribution in [0.1, 0.15) is 90.9 Å². The zero-order valence-corrected chi connectivity index (χ0v) is 44.4. The molecule has 81 heavy (non-hydrogen) atoms. The summed E-state index contributed by atoms with van der Waals surface area (Å²) in [7, 11) is 0. The maximum Gasteiger partial charge on any atom is 0.343 e. The molecule has 0 spiro atoms. The normalized spacial score (nSPS) is 16.7. The predicted octanol–water partition coefficient (Wildman–Crippen LogP) is -0.0760. The largest absolute Gasteiger partial charge is 0.458 e. The summed E-state index contributed by atoms with van der Waals surface area (Å²) in [4.78, 5) is 133. The van der Waals surface area contributed by atoms with Gasteiger partial charge in [0.1, 0.15) is 37.5 Å². The van der Waals surface area contributed by atoms with Crippen molar-refractivity contribution in [2.24, 2.45) is 0 Å². The number of aromatic nitrogens is 5. The number of nitrogens with one attached hydrogen (secondary N) is 6. The Bertz CT molecular complexity index is 3450. The third-order valence-electron chi connectivity index (χ3n) is 14.6. The maximum atomic E-state index is 15.1. The lowest BCUT2D eigenvalue weighted by molar-refractivity contribution is -0.172. The van der Waals surface area contributed by atoms with Crippen molar-refractivity contribution in [3.63, 3.8) is 0 Å². The van der Waals surface area contributed by atoms with Gasteiger partial charge in [-0.15, -0.1) is 5.10 Å². The fourth-order valence-corrected chi connectivity index (χ4v) is 9.93. The van der Waals surface area contributed by atoms with Gasteiger partial charge in [-0.1, -0.05) is 48.9 Å². The molecule has 0 radical (unpaired) electrons. The minimum atomic E-state index is -2.03. The molecule has 1 fully saturated rings. The highest BCUT2D eigenvalue weighted by Crippen LogP contribution is 2.45. The first-order chi connectivity index (χ1) is 38.9. The van der Waals surface area contributed by atoms with E-state index in [2.05, 4.69) is 42.2 Å². The average molecular weight is 1120 g/mol. The summed E-state index contributed by atoms with van der Waals surface area (Å²) in [6, 6.07) is 12.2. The van der Waals surface area contributed by atoms with Gasteiger partial charge in [0.15, 0.2) is 5.60 Å². The lowest BCUT2D eigenvalue weighted by Crippen LogP contribution is -2.52. The van der Waals surface area contributed by atoms with Crippen molar-refractivity contribution < 1.29 is 62.1 Å². The first-order valence-electron chi connectivity index (χ1n) is 26.4. The molecule has 1 aliphatic carbocycles. The van der Waals surface area contributed by atoms with Gasteiger partial charge in [-0.25, -0.2) is 18.9 Å². The van der Waals surface area contributed by atoms with Gasteiger partial charge < -0.3 is 51.0 Å². The van der Waals surface area contributed by atoms with Gasteiger partial charge in [0, 0.05) is 54.1 Å². The van der Waals surface area contributed by atoms with E-state index in [1.807, 2.05) is 0 Å². The molecule has 424 valence electrons. The predicted molar refractivity (Wildman–Crippen MR) is 282 cm³/mol. The van der Waals surface area contributed by atoms with Crippen molar-refractivity contribution in [2.45, 2.75) is 102 Å². The Morgan fingerprint density at radius 1 is 0.852 bits per heavy atom. The van der Waals surface area contributed by atoms with Crippen molar-refractivity contribution in [3.05, 3.63) is 122 Å². The van der Waals surface area contributed by atoms with E-state index >= 15 is 4.39 Å². The number of esters is 1. The Morgan fingerprint density at radius 3 is 2.31 bits per heavy atom. The molecule has 0 saturated heterocycles. The minimum Gasteiger partial charge on any atom is -0.458 e. The zero-order valence-electron chi connectivity index (χ0n) is 44.4. The second-order valence-corrected chi connectivity index (χ2v) is 20.2. The van der Waals surface area contributed by atoms with Gasteiger partial charge in [-0.2, -0.15) is 0 Å². The van der Waals surface area contributed by atoms with Crippen LogP contribution in [0.4, 0.5) is 4.39 Å². The van der Waals surface area contributed by atoms with Crippen molar-refractivity contribution in [3.8, 4) is 11.4 Å². The van der Waals surface area contributed by atoms with Crippen LogP contribution in [0.3, 0.4) is 0 Å². The molecule has 3 aliphatic heterocycles. The van der Waals surface area contributed by atoms with Gasteiger partial charge in [-0.3, -0.25) is 48.1 Å². The maximum absolute atomic E-state index is 15.1. The lowest BCUT2D eigenvalue weighted by Gasteiger charge is -2.31. The van der Waals surface area contributed by atoms with Gasteiger partial charge >= 0.3 is 5.97 Å². The number of hydrogen-bond acceptors (Lipinski definition) is 16. The van der Waals surface area contributed by atoms with Crippen LogP contribution in [0.5, 0.6) is 0 Å². The number of cyclic esters (lactones) is 1. The van der Waals surface area contributed by atoms with Crippen LogP contribution in [0.2, 0.25) is 0 Å². The van der Waals surface area contributed by atoms with Crippen LogP contribution in [0.25, 0.3) is 22.3 Å². The molecule has 9 rings (SSSR count). The molecule has 1 saturated carbocycles. The zero-order chi connectivity index (χ0) is 57.6. The SMILES string of the molecule is CC[C@@]1(O)C(=O)OCc2c1cc1n(c2=O)Cc2c-1nc1cc(F)c(C)cc1c2Cn1cc(C2(NC(=O)COCNC(=O)CNC(=O)[C@@H](Cc3ccccc3)NC(=O)CNC(=O)CNC(=O)CCCCCN3C(=O)C=CC3=O)CC2)nn1. The monoisotopic (exact) mass is 1110 g/mol. The van der Waals surface area contributed by atoms with Gasteiger partial charge in [0.2, 0.25) is 35.4 Å². The highest BCUT2D eigenvalue weighted by Gasteiger charge is 2.49. The molecule has 26 heteroatoms. The fourth-order valence-electron chi connectivity index (χ4n) is 9.93. The van der Waals surface area contributed by atoms with Crippen LogP contribution in [0, 0.1) is 12.7 Å². The van der Waals surface area contributed by atoms with Crippen molar-refractivity contribution >= 4 is 64.1 Å². The molecular formula is C55H59FN12O13. The van der Waals surface area contributed by atoms with Gasteiger partial charge in [-0.05, 0) is 67.9 Å². The van der Waals surface area contributed by atoms with E-state index < -0.39 is 103 Å². The molecule has 3 aromatic heterocycles. The number of carbonyl (C=O) groups excluding carboxylic acids is 9. The minimum absolute atomic E-state index is 0.0352. The molecule has 0 unspecified atom stereocenters. The van der Waals surface area contributed by atoms with Crippen molar-refractivity contribution in [1.29, 1.82) is 0 Å². The summed E-state index contributed by atoms with van der Waals surface area (Å²) in [6.07, 6.45) is 6.85. The van der Waals surface area contributed by atoms with Crippen LogP contribution in [-0.4, -0.2) is 133 Å². The van der Waals surface area contributed by atoms with E-state index in [4.69, 9.17) is 14.5 Å². The van der Waals surface area contributed by atoms with E-state index in [0.29, 0.717) is 82.3 Å².